The third-order valence-electron chi connectivity index (χ3n) is 8.31. The minimum atomic E-state index is -0.0700. The van der Waals surface area contributed by atoms with Crippen molar-refractivity contribution in [2.24, 2.45) is 0 Å². The Hall–Kier alpha value is -5.22. The Balaban J connectivity index is 1.42. The van der Waals surface area contributed by atoms with Gasteiger partial charge in [-0.25, -0.2) is 0 Å². The number of rotatable bonds is 3. The first-order valence-electron chi connectivity index (χ1n) is 14.0. The van der Waals surface area contributed by atoms with Crippen molar-refractivity contribution in [2.45, 2.75) is 0 Å². The molecule has 0 radical (unpaired) electrons. The van der Waals surface area contributed by atoms with E-state index in [2.05, 4.69) is 162 Å². The van der Waals surface area contributed by atoms with Crippen molar-refractivity contribution in [3.05, 3.63) is 146 Å². The van der Waals surface area contributed by atoms with Crippen LogP contribution in [0.25, 0.3) is 22.3 Å². The van der Waals surface area contributed by atoms with E-state index in [1.807, 2.05) is 0 Å². The van der Waals surface area contributed by atoms with Crippen LogP contribution < -0.4 is 25.4 Å². The summed E-state index contributed by atoms with van der Waals surface area (Å²) in [4.78, 5) is 4.85. The molecule has 6 aromatic rings. The molecule has 194 valence electrons. The minimum Gasteiger partial charge on any atom is -0.458 e. The van der Waals surface area contributed by atoms with Crippen LogP contribution in [0.5, 0.6) is 11.5 Å². The van der Waals surface area contributed by atoms with E-state index >= 15 is 0 Å². The zero-order chi connectivity index (χ0) is 27.3. The van der Waals surface area contributed by atoms with Crippen molar-refractivity contribution in [3.8, 4) is 33.8 Å². The molecule has 41 heavy (non-hydrogen) atoms. The van der Waals surface area contributed by atoms with Crippen molar-refractivity contribution >= 4 is 40.5 Å². The first kappa shape index (κ1) is 23.7. The van der Waals surface area contributed by atoms with E-state index in [0.29, 0.717) is 0 Å². The maximum absolute atomic E-state index is 6.44. The molecule has 0 fully saturated rings. The maximum atomic E-state index is 6.44. The predicted octanol–water partition coefficient (Wildman–Crippen LogP) is 8.15. The van der Waals surface area contributed by atoms with Gasteiger partial charge >= 0.3 is 6.85 Å². The first-order valence-corrected chi connectivity index (χ1v) is 14.0. The molecule has 8 rings (SSSR count). The van der Waals surface area contributed by atoms with Crippen molar-refractivity contribution in [2.75, 3.05) is 16.8 Å². The molecule has 0 spiro atoms. The van der Waals surface area contributed by atoms with E-state index in [1.165, 1.54) is 45.0 Å². The Morgan fingerprint density at radius 1 is 0.439 bits per heavy atom. The van der Waals surface area contributed by atoms with Gasteiger partial charge in [0.25, 0.3) is 0 Å². The fraction of sp³-hybridized carbons (Fsp3) is 0.0270. The third kappa shape index (κ3) is 3.83. The van der Waals surface area contributed by atoms with Gasteiger partial charge < -0.3 is 14.4 Å². The first-order chi connectivity index (χ1) is 20.3. The highest BCUT2D eigenvalue weighted by atomic mass is 16.5. The lowest BCUT2D eigenvalue weighted by molar-refractivity contribution is 0.487. The van der Waals surface area contributed by atoms with E-state index in [-0.39, 0.29) is 6.85 Å². The summed E-state index contributed by atoms with van der Waals surface area (Å²) in [6.07, 6.45) is 0. The summed E-state index contributed by atoms with van der Waals surface area (Å²) in [6.45, 7) is -0.0700. The zero-order valence-corrected chi connectivity index (χ0v) is 22.7. The molecule has 0 atom stereocenters. The van der Waals surface area contributed by atoms with Crippen LogP contribution in [0.1, 0.15) is 0 Å². The van der Waals surface area contributed by atoms with E-state index in [9.17, 15) is 0 Å². The van der Waals surface area contributed by atoms with Crippen molar-refractivity contribution in [1.82, 2.24) is 0 Å². The standard InChI is InChI=1S/C37H27BN2O/c1-39-32-22-20-28(26-12-4-2-5-13-26)24-34(32)40(35-25-29(21-23-33(35)39)27-14-6-3-7-15-27)38-30-16-8-10-18-36(30)41-37-19-11-9-17-31(37)38/h2-25H,1H3. The fourth-order valence-corrected chi connectivity index (χ4v) is 6.32. The number of hydrogen-bond donors (Lipinski definition) is 0. The molecule has 0 aromatic heterocycles. The van der Waals surface area contributed by atoms with Crippen molar-refractivity contribution in [1.29, 1.82) is 0 Å². The van der Waals surface area contributed by atoms with Crippen LogP contribution in [0.3, 0.4) is 0 Å². The van der Waals surface area contributed by atoms with Crippen molar-refractivity contribution < 1.29 is 4.74 Å². The summed E-state index contributed by atoms with van der Waals surface area (Å²) in [5.74, 6) is 1.80. The van der Waals surface area contributed by atoms with Gasteiger partial charge in [-0.2, -0.15) is 0 Å². The molecule has 2 aliphatic heterocycles. The molecule has 2 aliphatic rings. The van der Waals surface area contributed by atoms with Gasteiger partial charge in [0.05, 0.1) is 22.7 Å². The average Bonchev–Trinajstić information content (AvgIpc) is 3.05. The summed E-state index contributed by atoms with van der Waals surface area (Å²) in [7, 11) is 2.17. The monoisotopic (exact) mass is 526 g/mol. The molecule has 3 nitrogen and oxygen atoms in total. The second kappa shape index (κ2) is 9.46. The van der Waals surface area contributed by atoms with E-state index in [1.54, 1.807) is 0 Å². The number of para-hydroxylation sites is 2. The molecule has 0 saturated heterocycles. The molecule has 0 saturated carbocycles. The highest BCUT2D eigenvalue weighted by Gasteiger charge is 2.41. The average molecular weight is 526 g/mol. The summed E-state index contributed by atoms with van der Waals surface area (Å²) < 4.78 is 6.44. The second-order valence-corrected chi connectivity index (χ2v) is 10.6. The summed E-state index contributed by atoms with van der Waals surface area (Å²) in [5.41, 5.74) is 11.8. The van der Waals surface area contributed by atoms with Gasteiger partial charge in [-0.1, -0.05) is 109 Å². The normalized spacial score (nSPS) is 13.0. The zero-order valence-electron chi connectivity index (χ0n) is 22.7. The summed E-state index contributed by atoms with van der Waals surface area (Å²) >= 11 is 0. The van der Waals surface area contributed by atoms with Crippen molar-refractivity contribution in [3.63, 3.8) is 0 Å². The minimum absolute atomic E-state index is 0.0700. The molecule has 0 aliphatic carbocycles. The van der Waals surface area contributed by atoms with E-state index < -0.39 is 0 Å². The number of hydrogen-bond acceptors (Lipinski definition) is 3. The molecular formula is C37H27BN2O. The van der Waals surface area contributed by atoms with Gasteiger partial charge in [0.1, 0.15) is 11.5 Å². The largest absolute Gasteiger partial charge is 0.458 e. The molecule has 6 aromatic carbocycles. The Morgan fingerprint density at radius 3 is 1.37 bits per heavy atom. The Bertz CT molecular complexity index is 1770. The van der Waals surface area contributed by atoms with Gasteiger partial charge in [0.2, 0.25) is 0 Å². The van der Waals surface area contributed by atoms with Crippen LogP contribution in [0.2, 0.25) is 0 Å². The smallest absolute Gasteiger partial charge is 0.335 e. The number of fused-ring (bicyclic) bond motifs is 4. The van der Waals surface area contributed by atoms with Gasteiger partial charge in [0, 0.05) is 7.05 Å². The summed E-state index contributed by atoms with van der Waals surface area (Å²) in [6, 6.07) is 51.8. The Morgan fingerprint density at radius 2 is 0.878 bits per heavy atom. The van der Waals surface area contributed by atoms with Crippen LogP contribution in [0.15, 0.2) is 146 Å². The van der Waals surface area contributed by atoms with Gasteiger partial charge in [-0.15, -0.1) is 0 Å². The maximum Gasteiger partial charge on any atom is 0.335 e. The van der Waals surface area contributed by atoms with Gasteiger partial charge in [0.15, 0.2) is 0 Å². The number of anilines is 4. The quantitative estimate of drug-likeness (QED) is 0.217. The second-order valence-electron chi connectivity index (χ2n) is 10.6. The molecule has 0 bridgehead atoms. The number of ether oxygens (including phenoxy) is 1. The van der Waals surface area contributed by atoms with Crippen LogP contribution in [-0.2, 0) is 0 Å². The molecule has 0 unspecified atom stereocenters. The van der Waals surface area contributed by atoms with Crippen LogP contribution in [-0.4, -0.2) is 13.9 Å². The lowest BCUT2D eigenvalue weighted by atomic mass is 9.47. The number of nitrogens with zero attached hydrogens (tertiary/aromatic N) is 2. The van der Waals surface area contributed by atoms with Crippen LogP contribution >= 0.6 is 0 Å². The Labute approximate surface area is 241 Å². The predicted molar refractivity (Wildman–Crippen MR) is 172 cm³/mol. The molecule has 2 heterocycles. The molecule has 4 heteroatoms. The lowest BCUT2D eigenvalue weighted by Gasteiger charge is -2.44. The molecular weight excluding hydrogens is 499 g/mol. The molecule has 0 amide bonds. The van der Waals surface area contributed by atoms with E-state index in [0.717, 1.165) is 22.4 Å². The Kier molecular flexibility index (Phi) is 5.46. The SMILES string of the molecule is CN1c2ccc(-c3ccccc3)cc2N(B2c3ccccc3Oc3ccccc32)c2cc(-c3ccccc3)ccc21. The highest BCUT2D eigenvalue weighted by Crippen LogP contribution is 2.50. The topological polar surface area (TPSA) is 15.7 Å². The van der Waals surface area contributed by atoms with Crippen LogP contribution in [0.4, 0.5) is 22.7 Å². The molecule has 0 N–H and O–H groups in total. The lowest BCUT2D eigenvalue weighted by Crippen LogP contribution is -2.58. The van der Waals surface area contributed by atoms with Gasteiger partial charge in [-0.3, -0.25) is 0 Å². The summed E-state index contributed by atoms with van der Waals surface area (Å²) in [5, 5.41) is 0. The number of benzene rings is 6. The fourth-order valence-electron chi connectivity index (χ4n) is 6.32. The highest BCUT2D eigenvalue weighted by molar-refractivity contribution is 6.91. The van der Waals surface area contributed by atoms with E-state index in [4.69, 9.17) is 4.74 Å². The van der Waals surface area contributed by atoms with Crippen LogP contribution in [0, 0.1) is 0 Å². The third-order valence-corrected chi connectivity index (χ3v) is 8.31. The van der Waals surface area contributed by atoms with Gasteiger partial charge in [-0.05, 0) is 69.6 Å².